The predicted molar refractivity (Wildman–Crippen MR) is 121 cm³/mol. The van der Waals surface area contributed by atoms with Gasteiger partial charge in [-0.2, -0.15) is 0 Å². The van der Waals surface area contributed by atoms with Crippen molar-refractivity contribution < 1.29 is 23.9 Å². The van der Waals surface area contributed by atoms with E-state index < -0.39 is 30.0 Å². The highest BCUT2D eigenvalue weighted by molar-refractivity contribution is 5.92. The zero-order chi connectivity index (χ0) is 23.6. The lowest BCUT2D eigenvalue weighted by Crippen LogP contribution is -2.54. The lowest BCUT2D eigenvalue weighted by molar-refractivity contribution is -0.140. The smallest absolute Gasteiger partial charge is 0.407 e. The van der Waals surface area contributed by atoms with Crippen molar-refractivity contribution in [1.82, 2.24) is 15.5 Å². The van der Waals surface area contributed by atoms with Crippen LogP contribution in [-0.2, 0) is 25.7 Å². The Labute approximate surface area is 193 Å². The van der Waals surface area contributed by atoms with E-state index in [4.69, 9.17) is 10.5 Å². The number of likely N-dealkylation sites (tertiary alicyclic amines) is 1. The summed E-state index contributed by atoms with van der Waals surface area (Å²) in [5.74, 6) is -1.33. The molecule has 1 fully saturated rings. The number of nitrogens with one attached hydrogen (secondary N) is 2. The van der Waals surface area contributed by atoms with Crippen LogP contribution in [0, 0.1) is 5.92 Å². The molecule has 33 heavy (non-hydrogen) atoms. The van der Waals surface area contributed by atoms with Crippen LogP contribution in [-0.4, -0.2) is 53.9 Å². The van der Waals surface area contributed by atoms with Gasteiger partial charge in [0.1, 0.15) is 25.2 Å². The molecular formula is C24H30N4O5. The van der Waals surface area contributed by atoms with Gasteiger partial charge in [0.25, 0.3) is 0 Å². The summed E-state index contributed by atoms with van der Waals surface area (Å²) in [4.78, 5) is 50.9. The third kappa shape index (κ3) is 7.20. The maximum absolute atomic E-state index is 13.2. The second kappa shape index (κ2) is 11.8. The van der Waals surface area contributed by atoms with Crippen LogP contribution in [0.1, 0.15) is 31.2 Å². The molecule has 9 nitrogen and oxygen atoms in total. The molecule has 2 aliphatic rings. The van der Waals surface area contributed by atoms with Gasteiger partial charge in [-0.3, -0.25) is 14.4 Å². The van der Waals surface area contributed by atoms with Crippen molar-refractivity contribution in [3.8, 4) is 0 Å². The number of nitrogens with two attached hydrogens (primary N) is 1. The van der Waals surface area contributed by atoms with Crippen LogP contribution >= 0.6 is 0 Å². The molecule has 0 saturated carbocycles. The van der Waals surface area contributed by atoms with Crippen molar-refractivity contribution in [3.05, 3.63) is 60.2 Å². The highest BCUT2D eigenvalue weighted by Crippen LogP contribution is 2.22. The van der Waals surface area contributed by atoms with Crippen molar-refractivity contribution >= 4 is 23.8 Å². The van der Waals surface area contributed by atoms with E-state index >= 15 is 0 Å². The summed E-state index contributed by atoms with van der Waals surface area (Å²) in [5.41, 5.74) is 6.29. The van der Waals surface area contributed by atoms with E-state index in [1.165, 1.54) is 4.90 Å². The van der Waals surface area contributed by atoms with E-state index in [0.29, 0.717) is 25.8 Å². The van der Waals surface area contributed by atoms with Gasteiger partial charge in [0.2, 0.25) is 17.7 Å². The number of benzene rings is 1. The van der Waals surface area contributed by atoms with E-state index in [0.717, 1.165) is 12.0 Å². The van der Waals surface area contributed by atoms with Gasteiger partial charge in [-0.15, -0.1) is 0 Å². The average molecular weight is 455 g/mol. The molecule has 1 saturated heterocycles. The van der Waals surface area contributed by atoms with Gasteiger partial charge in [-0.1, -0.05) is 54.6 Å². The number of amides is 4. The number of primary amides is 1. The van der Waals surface area contributed by atoms with E-state index in [9.17, 15) is 19.2 Å². The number of carbonyl (C=O) groups excluding carboxylic acids is 4. The Kier molecular flexibility index (Phi) is 8.63. The van der Waals surface area contributed by atoms with Crippen LogP contribution in [0.5, 0.6) is 0 Å². The van der Waals surface area contributed by atoms with Crippen molar-refractivity contribution in [3.63, 3.8) is 0 Å². The van der Waals surface area contributed by atoms with E-state index in [-0.39, 0.29) is 25.0 Å². The van der Waals surface area contributed by atoms with Crippen molar-refractivity contribution in [1.29, 1.82) is 0 Å². The van der Waals surface area contributed by atoms with E-state index in [1.807, 2.05) is 54.6 Å². The highest BCUT2D eigenvalue weighted by Gasteiger charge is 2.37. The van der Waals surface area contributed by atoms with Crippen molar-refractivity contribution in [2.45, 2.75) is 44.4 Å². The molecule has 3 rings (SSSR count). The predicted octanol–water partition coefficient (Wildman–Crippen LogP) is 1.40. The van der Waals surface area contributed by atoms with Crippen LogP contribution in [0.3, 0.4) is 0 Å². The van der Waals surface area contributed by atoms with Crippen LogP contribution in [0.2, 0.25) is 0 Å². The topological polar surface area (TPSA) is 131 Å². The Morgan fingerprint density at radius 3 is 2.64 bits per heavy atom. The molecule has 4 amide bonds. The molecule has 0 aromatic heterocycles. The standard InChI is InChI=1S/C24H30N4O5/c25-22(30)20-12-7-13-28(20)23(31)19(14-17-8-3-1-4-9-17)27-21(29)15-26-24(32)33-16-18-10-5-2-6-11-18/h1-6,8,10-11,17,19-20H,7,9,12-16H2,(H2,25,30)(H,26,32)(H,27,29)/t17?,19-,20-/m0/s1. The van der Waals surface area contributed by atoms with E-state index in [1.54, 1.807) is 0 Å². The van der Waals surface area contributed by atoms with Gasteiger partial charge in [-0.05, 0) is 37.2 Å². The van der Waals surface area contributed by atoms with Gasteiger partial charge < -0.3 is 26.0 Å². The quantitative estimate of drug-likeness (QED) is 0.519. The summed E-state index contributed by atoms with van der Waals surface area (Å²) in [7, 11) is 0. The molecule has 1 aromatic rings. The fourth-order valence-corrected chi connectivity index (χ4v) is 4.03. The fraction of sp³-hybridized carbons (Fsp3) is 0.417. The van der Waals surface area contributed by atoms with Gasteiger partial charge in [0.15, 0.2) is 0 Å². The lowest BCUT2D eigenvalue weighted by atomic mass is 9.92. The molecule has 1 aliphatic heterocycles. The second-order valence-corrected chi connectivity index (χ2v) is 8.17. The van der Waals surface area contributed by atoms with Gasteiger partial charge >= 0.3 is 6.09 Å². The van der Waals surface area contributed by atoms with Crippen LogP contribution < -0.4 is 16.4 Å². The minimum absolute atomic E-state index is 0.0719. The SMILES string of the molecule is NC(=O)[C@@H]1CCCN1C(=O)[C@H](CC1C=CC=CC1)NC(=O)CNC(=O)OCc1ccccc1. The molecule has 1 unspecified atom stereocenters. The summed E-state index contributed by atoms with van der Waals surface area (Å²) in [5, 5.41) is 5.12. The summed E-state index contributed by atoms with van der Waals surface area (Å²) < 4.78 is 5.10. The first-order chi connectivity index (χ1) is 15.9. The second-order valence-electron chi connectivity index (χ2n) is 8.17. The average Bonchev–Trinajstić information content (AvgIpc) is 3.32. The van der Waals surface area contributed by atoms with Gasteiger partial charge in [0.05, 0.1) is 0 Å². The molecule has 1 aromatic carbocycles. The number of allylic oxidation sites excluding steroid dienone is 4. The zero-order valence-electron chi connectivity index (χ0n) is 18.4. The van der Waals surface area contributed by atoms with E-state index in [2.05, 4.69) is 10.6 Å². The molecule has 0 spiro atoms. The fourth-order valence-electron chi connectivity index (χ4n) is 4.03. The number of hydrogen-bond donors (Lipinski definition) is 3. The normalized spacial score (nSPS) is 20.2. The van der Waals surface area contributed by atoms with Gasteiger partial charge in [-0.25, -0.2) is 4.79 Å². The first-order valence-electron chi connectivity index (χ1n) is 11.1. The maximum Gasteiger partial charge on any atom is 0.407 e. The summed E-state index contributed by atoms with van der Waals surface area (Å²) >= 11 is 0. The van der Waals surface area contributed by atoms with Crippen molar-refractivity contribution in [2.75, 3.05) is 13.1 Å². The number of carbonyl (C=O) groups is 4. The highest BCUT2D eigenvalue weighted by atomic mass is 16.5. The molecule has 0 bridgehead atoms. The molecule has 0 radical (unpaired) electrons. The largest absolute Gasteiger partial charge is 0.445 e. The Morgan fingerprint density at radius 1 is 1.15 bits per heavy atom. The van der Waals surface area contributed by atoms with Crippen LogP contribution in [0.4, 0.5) is 4.79 Å². The Balaban J connectivity index is 1.55. The van der Waals surface area contributed by atoms with Crippen LogP contribution in [0.25, 0.3) is 0 Å². The maximum atomic E-state index is 13.2. The lowest BCUT2D eigenvalue weighted by Gasteiger charge is -2.29. The van der Waals surface area contributed by atoms with Crippen molar-refractivity contribution in [2.24, 2.45) is 11.7 Å². The minimum atomic E-state index is -0.833. The van der Waals surface area contributed by atoms with Gasteiger partial charge in [0, 0.05) is 6.54 Å². The summed E-state index contributed by atoms with van der Waals surface area (Å²) in [6, 6.07) is 7.68. The Morgan fingerprint density at radius 2 is 1.94 bits per heavy atom. The Bertz CT molecular complexity index is 915. The summed E-state index contributed by atoms with van der Waals surface area (Å²) in [6.45, 7) is 0.167. The Hall–Kier alpha value is -3.62. The minimum Gasteiger partial charge on any atom is -0.445 e. The van der Waals surface area contributed by atoms with Crippen LogP contribution in [0.15, 0.2) is 54.6 Å². The monoisotopic (exact) mass is 454 g/mol. The zero-order valence-corrected chi connectivity index (χ0v) is 18.4. The summed E-state index contributed by atoms with van der Waals surface area (Å²) in [6.07, 6.45) is 9.42. The molecule has 9 heteroatoms. The number of hydrogen-bond acceptors (Lipinski definition) is 5. The number of ether oxygens (including phenoxy) is 1. The third-order valence-corrected chi connectivity index (χ3v) is 5.71. The molecular weight excluding hydrogens is 424 g/mol. The number of alkyl carbamates (subject to hydrolysis) is 1. The first kappa shape index (κ1) is 24.0. The first-order valence-corrected chi connectivity index (χ1v) is 11.1. The molecule has 1 aliphatic carbocycles. The molecule has 176 valence electrons. The molecule has 1 heterocycles. The third-order valence-electron chi connectivity index (χ3n) is 5.71. The number of nitrogens with zero attached hydrogens (tertiary/aromatic N) is 1. The molecule has 3 atom stereocenters. The molecule has 4 N–H and O–H groups in total. The number of rotatable bonds is 9.